The van der Waals surface area contributed by atoms with Gasteiger partial charge in [0, 0.05) is 0 Å². The zero-order valence-electron chi connectivity index (χ0n) is 4.50. The number of aromatic nitrogens is 1. The van der Waals surface area contributed by atoms with Crippen molar-refractivity contribution in [2.24, 2.45) is 5.73 Å². The number of hydrogen-bond donors (Lipinski definition) is 1. The van der Waals surface area contributed by atoms with Gasteiger partial charge < -0.3 is 10.2 Å². The molecule has 9 heavy (non-hydrogen) atoms. The summed E-state index contributed by atoms with van der Waals surface area (Å²) >= 11 is 3.11. The summed E-state index contributed by atoms with van der Waals surface area (Å²) in [5, 5.41) is 0. The van der Waals surface area contributed by atoms with Gasteiger partial charge in [-0.2, -0.15) is 0 Å². The van der Waals surface area contributed by atoms with E-state index in [0.29, 0.717) is 17.0 Å². The van der Waals surface area contributed by atoms with Gasteiger partial charge in [0.15, 0.2) is 0 Å². The van der Waals surface area contributed by atoms with Crippen LogP contribution in [0.2, 0.25) is 0 Å². The predicted molar refractivity (Wildman–Crippen MR) is 39.3 cm³/mol. The Balaban J connectivity index is 0.000000640. The quantitative estimate of drug-likeness (QED) is 0.765. The summed E-state index contributed by atoms with van der Waals surface area (Å²) < 4.78 is 5.52. The van der Waals surface area contributed by atoms with Gasteiger partial charge in [0.1, 0.15) is 10.9 Å². The smallest absolute Gasteiger partial charge is 0.208 e. The third-order valence-electron chi connectivity index (χ3n) is 0.698. The molecule has 52 valence electrons. The van der Waals surface area contributed by atoms with Crippen molar-refractivity contribution in [3.63, 3.8) is 0 Å². The molecule has 0 radical (unpaired) electrons. The number of nitrogens with zero attached hydrogens (tertiary/aromatic N) is 1. The van der Waals surface area contributed by atoms with E-state index >= 15 is 0 Å². The summed E-state index contributed by atoms with van der Waals surface area (Å²) in [7, 11) is 0. The highest BCUT2D eigenvalue weighted by Gasteiger charge is 1.94. The lowest BCUT2D eigenvalue weighted by Gasteiger charge is -1.78. The molecular formula is C4H6BrClN2O. The number of rotatable bonds is 1. The van der Waals surface area contributed by atoms with Crippen molar-refractivity contribution in [2.75, 3.05) is 0 Å². The minimum absolute atomic E-state index is 0. The van der Waals surface area contributed by atoms with E-state index in [4.69, 9.17) is 10.2 Å². The average molecular weight is 213 g/mol. The van der Waals surface area contributed by atoms with Crippen LogP contribution < -0.4 is 5.73 Å². The van der Waals surface area contributed by atoms with Crippen molar-refractivity contribution in [3.05, 3.63) is 16.8 Å². The van der Waals surface area contributed by atoms with Gasteiger partial charge in [-0.25, -0.2) is 4.98 Å². The second-order valence-electron chi connectivity index (χ2n) is 1.27. The number of nitrogens with two attached hydrogens (primary N) is 1. The second kappa shape index (κ2) is 3.87. The lowest BCUT2D eigenvalue weighted by atomic mass is 10.7. The molecular weight excluding hydrogens is 207 g/mol. The van der Waals surface area contributed by atoms with Crippen molar-refractivity contribution < 1.29 is 4.42 Å². The molecule has 0 atom stereocenters. The van der Waals surface area contributed by atoms with Gasteiger partial charge in [0.2, 0.25) is 5.89 Å². The Morgan fingerprint density at radius 1 is 1.78 bits per heavy atom. The van der Waals surface area contributed by atoms with Crippen LogP contribution in [0.25, 0.3) is 0 Å². The van der Waals surface area contributed by atoms with Crippen LogP contribution in [-0.4, -0.2) is 4.98 Å². The van der Waals surface area contributed by atoms with E-state index in [-0.39, 0.29) is 12.4 Å². The molecule has 5 heteroatoms. The Kier molecular flexibility index (Phi) is 3.84. The van der Waals surface area contributed by atoms with Crippen LogP contribution in [0.1, 0.15) is 5.89 Å². The normalized spacial score (nSPS) is 8.67. The molecule has 3 nitrogen and oxygen atoms in total. The van der Waals surface area contributed by atoms with E-state index in [9.17, 15) is 0 Å². The Labute approximate surface area is 67.2 Å². The molecule has 0 bridgehead atoms. The lowest BCUT2D eigenvalue weighted by Crippen LogP contribution is -1.95. The maximum Gasteiger partial charge on any atom is 0.208 e. The highest BCUT2D eigenvalue weighted by atomic mass is 79.9. The molecule has 0 saturated heterocycles. The van der Waals surface area contributed by atoms with Crippen molar-refractivity contribution in [1.82, 2.24) is 4.98 Å². The third-order valence-corrected chi connectivity index (χ3v) is 1.06. The van der Waals surface area contributed by atoms with E-state index < -0.39 is 0 Å². The first-order valence-corrected chi connectivity index (χ1v) is 2.92. The van der Waals surface area contributed by atoms with Gasteiger partial charge in [-0.15, -0.1) is 12.4 Å². The van der Waals surface area contributed by atoms with Crippen LogP contribution in [0, 0.1) is 0 Å². The molecule has 0 saturated carbocycles. The molecule has 0 fully saturated rings. The fourth-order valence-corrected chi connectivity index (χ4v) is 0.673. The Hall–Kier alpha value is -0.0600. The second-order valence-corrected chi connectivity index (χ2v) is 2.08. The fraction of sp³-hybridized carbons (Fsp3) is 0.250. The minimum atomic E-state index is 0. The van der Waals surface area contributed by atoms with Crippen LogP contribution in [0.3, 0.4) is 0 Å². The first-order chi connectivity index (χ1) is 3.83. The first kappa shape index (κ1) is 8.94. The van der Waals surface area contributed by atoms with Crippen molar-refractivity contribution >= 4 is 28.3 Å². The molecule has 0 aliphatic carbocycles. The molecule has 1 aromatic heterocycles. The summed E-state index contributed by atoms with van der Waals surface area (Å²) in [5.74, 6) is 0.553. The molecule has 0 amide bonds. The summed E-state index contributed by atoms with van der Waals surface area (Å²) in [5.41, 5.74) is 5.19. The summed E-state index contributed by atoms with van der Waals surface area (Å²) in [6.07, 6.45) is 1.50. The van der Waals surface area contributed by atoms with E-state index in [2.05, 4.69) is 20.9 Å². The van der Waals surface area contributed by atoms with E-state index in [1.165, 1.54) is 6.26 Å². The SMILES string of the molecule is Cl.NCc1nc(Br)co1. The van der Waals surface area contributed by atoms with Gasteiger partial charge >= 0.3 is 0 Å². The van der Waals surface area contributed by atoms with Crippen LogP contribution in [0.5, 0.6) is 0 Å². The van der Waals surface area contributed by atoms with Crippen LogP contribution in [0.15, 0.2) is 15.3 Å². The molecule has 1 heterocycles. The summed E-state index contributed by atoms with van der Waals surface area (Å²) in [4.78, 5) is 3.85. The lowest BCUT2D eigenvalue weighted by molar-refractivity contribution is 0.497. The van der Waals surface area contributed by atoms with Crippen molar-refractivity contribution in [2.45, 2.75) is 6.54 Å². The Morgan fingerprint density at radius 2 is 2.44 bits per heavy atom. The van der Waals surface area contributed by atoms with Gasteiger partial charge in [0.05, 0.1) is 6.54 Å². The Bertz CT molecular complexity index is 179. The zero-order valence-corrected chi connectivity index (χ0v) is 6.91. The predicted octanol–water partition coefficient (Wildman–Crippen LogP) is 1.32. The molecule has 2 N–H and O–H groups in total. The molecule has 0 aliphatic rings. The molecule has 0 aromatic carbocycles. The third kappa shape index (κ3) is 2.34. The largest absolute Gasteiger partial charge is 0.446 e. The van der Waals surface area contributed by atoms with Crippen LogP contribution in [0.4, 0.5) is 0 Å². The monoisotopic (exact) mass is 212 g/mol. The van der Waals surface area contributed by atoms with E-state index in [0.717, 1.165) is 0 Å². The summed E-state index contributed by atoms with van der Waals surface area (Å²) in [6.45, 7) is 0.353. The number of oxazole rings is 1. The standard InChI is InChI=1S/C4H5BrN2O.ClH/c5-3-2-8-4(1-6)7-3;/h2H,1,6H2;1H. The number of hydrogen-bond acceptors (Lipinski definition) is 3. The minimum Gasteiger partial charge on any atom is -0.446 e. The maximum atomic E-state index is 5.19. The van der Waals surface area contributed by atoms with Crippen molar-refractivity contribution in [3.8, 4) is 0 Å². The molecule has 1 rings (SSSR count). The van der Waals surface area contributed by atoms with E-state index in [1.54, 1.807) is 0 Å². The zero-order chi connectivity index (χ0) is 5.98. The Morgan fingerprint density at radius 3 is 2.67 bits per heavy atom. The molecule has 0 unspecified atom stereocenters. The van der Waals surface area contributed by atoms with Gasteiger partial charge in [-0.05, 0) is 15.9 Å². The topological polar surface area (TPSA) is 52.0 Å². The number of halogens is 2. The molecule has 0 spiro atoms. The van der Waals surface area contributed by atoms with Crippen LogP contribution >= 0.6 is 28.3 Å². The van der Waals surface area contributed by atoms with Gasteiger partial charge in [-0.3, -0.25) is 0 Å². The summed E-state index contributed by atoms with van der Waals surface area (Å²) in [6, 6.07) is 0. The van der Waals surface area contributed by atoms with Gasteiger partial charge in [-0.1, -0.05) is 0 Å². The molecule has 1 aromatic rings. The average Bonchev–Trinajstić information content (AvgIpc) is 2.14. The highest BCUT2D eigenvalue weighted by molar-refractivity contribution is 9.10. The first-order valence-electron chi connectivity index (χ1n) is 2.13. The van der Waals surface area contributed by atoms with Crippen molar-refractivity contribution in [1.29, 1.82) is 0 Å². The fourth-order valence-electron chi connectivity index (χ4n) is 0.382. The molecule has 0 aliphatic heterocycles. The maximum absolute atomic E-state index is 5.19. The highest BCUT2D eigenvalue weighted by Crippen LogP contribution is 2.06. The van der Waals surface area contributed by atoms with Crippen LogP contribution in [-0.2, 0) is 6.54 Å². The van der Waals surface area contributed by atoms with E-state index in [1.807, 2.05) is 0 Å². The van der Waals surface area contributed by atoms with Gasteiger partial charge in [0.25, 0.3) is 0 Å².